The molecule has 0 spiro atoms. The molecule has 6 aromatic carbocycles. The summed E-state index contributed by atoms with van der Waals surface area (Å²) in [6, 6.07) is 9.84. The van der Waals surface area contributed by atoms with Crippen LogP contribution in [0, 0.1) is 5.92 Å². The molecule has 121 heavy (non-hydrogen) atoms. The van der Waals surface area contributed by atoms with Crippen molar-refractivity contribution in [2.24, 2.45) is 23.1 Å². The summed E-state index contributed by atoms with van der Waals surface area (Å²) in [4.78, 5) is 124. The maximum Gasteiger partial charge on any atom is 0.248 e. The molecule has 37 heteroatoms. The summed E-state index contributed by atoms with van der Waals surface area (Å²) in [6.07, 6.45) is -19.7. The van der Waals surface area contributed by atoms with Crippen molar-refractivity contribution in [3.63, 3.8) is 0 Å². The second kappa shape index (κ2) is 37.5. The third-order valence-corrected chi connectivity index (χ3v) is 22.7. The van der Waals surface area contributed by atoms with Gasteiger partial charge in [-0.3, -0.25) is 38.4 Å². The minimum absolute atomic E-state index is 0.0000818. The first-order valence-electron chi connectivity index (χ1n) is 39.8. The summed E-state index contributed by atoms with van der Waals surface area (Å²) < 4.78 is 52.4. The normalized spacial score (nSPS) is 30.3. The number of hydrogen-bond acceptors (Lipinski definition) is 28. The van der Waals surface area contributed by atoms with Crippen LogP contribution < -0.4 is 73.9 Å². The molecule has 8 aliphatic heterocycles. The summed E-state index contributed by atoms with van der Waals surface area (Å²) in [5.41, 5.74) is 15.5. The highest BCUT2D eigenvalue weighted by Gasteiger charge is 2.53. The van der Waals surface area contributed by atoms with Gasteiger partial charge in [0, 0.05) is 47.7 Å². The third kappa shape index (κ3) is 20.0. The van der Waals surface area contributed by atoms with Crippen molar-refractivity contribution in [2.45, 2.75) is 233 Å². The van der Waals surface area contributed by atoms with Crippen molar-refractivity contribution >= 4 is 58.9 Å². The highest BCUT2D eigenvalue weighted by molar-refractivity contribution is 6.32. The number of ether oxygens (including phenoxy) is 8. The number of carbonyl (C=O) groups is 8. The number of phenolic OH excluding ortho intramolecular Hbond substituents is 3. The predicted molar refractivity (Wildman–Crippen MR) is 430 cm³/mol. The van der Waals surface area contributed by atoms with E-state index in [1.807, 2.05) is 26.0 Å². The first-order valence-corrected chi connectivity index (χ1v) is 40.2. The topological polar surface area (TPSA) is 567 Å². The Hall–Kier alpha value is -10.4. The Kier molecular flexibility index (Phi) is 27.9. The van der Waals surface area contributed by atoms with Gasteiger partial charge in [-0.25, -0.2) is 0 Å². The number of aliphatic hydroxyl groups is 6. The lowest BCUT2D eigenvalue weighted by atomic mass is 9.86. The lowest BCUT2D eigenvalue weighted by Gasteiger charge is -2.47. The molecule has 8 aliphatic rings. The zero-order valence-electron chi connectivity index (χ0n) is 67.5. The van der Waals surface area contributed by atoms with Gasteiger partial charge in [0.15, 0.2) is 30.2 Å². The number of rotatable bonds is 20. The molecule has 22 atom stereocenters. The number of aliphatic hydroxyl groups excluding tert-OH is 6. The Bertz CT molecular complexity index is 4830. The molecule has 8 heterocycles. The van der Waals surface area contributed by atoms with Crippen molar-refractivity contribution < 1.29 is 122 Å². The lowest BCUT2D eigenvalue weighted by molar-refractivity contribution is -0.333. The fourth-order valence-corrected chi connectivity index (χ4v) is 16.0. The highest BCUT2D eigenvalue weighted by Crippen LogP contribution is 2.51. The van der Waals surface area contributed by atoms with E-state index in [2.05, 4.69) is 49.5 Å². The second-order valence-electron chi connectivity index (χ2n) is 32.4. The van der Waals surface area contributed by atoms with E-state index in [0.717, 1.165) is 61.2 Å². The zero-order chi connectivity index (χ0) is 87.5. The molecule has 652 valence electrons. The molecule has 3 saturated heterocycles. The summed E-state index contributed by atoms with van der Waals surface area (Å²) in [6.45, 7) is 10.6. The van der Waals surface area contributed by atoms with E-state index in [-0.39, 0.29) is 59.4 Å². The van der Waals surface area contributed by atoms with Gasteiger partial charge < -0.3 is 144 Å². The van der Waals surface area contributed by atoms with E-state index < -0.39 is 256 Å². The Balaban J connectivity index is 1.11. The van der Waals surface area contributed by atoms with Crippen LogP contribution in [0.5, 0.6) is 46.0 Å². The van der Waals surface area contributed by atoms with Crippen LogP contribution >= 0.6 is 11.6 Å². The molecule has 0 aromatic heterocycles. The van der Waals surface area contributed by atoms with Gasteiger partial charge in [-0.2, -0.15) is 0 Å². The Morgan fingerprint density at radius 3 is 1.90 bits per heavy atom. The maximum absolute atomic E-state index is 16.7. The Morgan fingerprint density at radius 1 is 0.661 bits per heavy atom. The summed E-state index contributed by atoms with van der Waals surface area (Å²) in [7, 11) is 1.48. The van der Waals surface area contributed by atoms with Gasteiger partial charge >= 0.3 is 0 Å². The van der Waals surface area contributed by atoms with E-state index >= 15 is 28.8 Å². The SMILES string of the molecule is CCCCc1ccc(CNC(=O)C2NC(=O)C3NC(=O)C(NC(=O)C4NC(=O)C(CC(N)=O)NC(=O)C(NC(=O)C(CC(C)C)NC)C(O)c5ccc(c(Cl)c5)Oc5cc4cc(c5OC4OC(CO)C(O)C(O)C4OC4CC(C)(N)C(O)C(C)O4)Oc4ccc(cc4)C3OC3CC(C)(N)C(O)C(C)O3)c3cccc(O)c3-c3c(O)cc(O)cc32)cc1. The number of aryl methyl sites for hydroxylation is 1. The number of halogens is 1. The van der Waals surface area contributed by atoms with Crippen LogP contribution in [0.1, 0.15) is 156 Å². The smallest absolute Gasteiger partial charge is 0.248 e. The van der Waals surface area contributed by atoms with Crippen molar-refractivity contribution in [1.29, 1.82) is 0 Å². The Labute approximate surface area is 700 Å². The number of aromatic hydroxyl groups is 3. The Morgan fingerprint density at radius 2 is 1.28 bits per heavy atom. The van der Waals surface area contributed by atoms with Crippen molar-refractivity contribution in [2.75, 3.05) is 13.7 Å². The quantitative estimate of drug-likeness (QED) is 0.0521. The number of amides is 8. The fraction of sp³-hybridized carbons (Fsp3) is 0.476. The van der Waals surface area contributed by atoms with Crippen molar-refractivity contribution in [1.82, 2.24) is 42.5 Å². The minimum atomic E-state index is -2.39. The largest absolute Gasteiger partial charge is 0.508 e. The van der Waals surface area contributed by atoms with Crippen LogP contribution in [0.2, 0.25) is 5.02 Å². The molecule has 6 aromatic rings. The van der Waals surface area contributed by atoms with Gasteiger partial charge in [-0.1, -0.05) is 93.4 Å². The number of likely N-dealkylation sites (N-methyl/N-ethyl adjacent to an activating group) is 1. The number of benzene rings is 6. The van der Waals surface area contributed by atoms with E-state index in [1.54, 1.807) is 12.1 Å². The van der Waals surface area contributed by atoms with Gasteiger partial charge in [-0.15, -0.1) is 0 Å². The van der Waals surface area contributed by atoms with Crippen LogP contribution in [-0.2, 0) is 75.0 Å². The molecule has 0 radical (unpaired) electrons. The first kappa shape index (κ1) is 89.9. The van der Waals surface area contributed by atoms with Gasteiger partial charge in [0.1, 0.15) is 95.5 Å². The molecular formula is C84H104ClN11O25. The van der Waals surface area contributed by atoms with Gasteiger partial charge in [0.05, 0.1) is 48.5 Å². The summed E-state index contributed by atoms with van der Waals surface area (Å²) >= 11 is 7.20. The number of carbonyl (C=O) groups excluding carboxylic acids is 8. The van der Waals surface area contributed by atoms with Crippen molar-refractivity contribution in [3.8, 4) is 57.1 Å². The molecule has 9 bridgehead atoms. The van der Waals surface area contributed by atoms with Gasteiger partial charge in [0.2, 0.25) is 59.3 Å². The van der Waals surface area contributed by atoms with Crippen LogP contribution in [0.3, 0.4) is 0 Å². The highest BCUT2D eigenvalue weighted by atomic mass is 35.5. The molecule has 8 amide bonds. The monoisotopic (exact) mass is 1700 g/mol. The molecule has 3 fully saturated rings. The average Bonchev–Trinajstić information content (AvgIpc) is 1.75. The fourth-order valence-electron chi connectivity index (χ4n) is 15.8. The number of unbranched alkanes of at least 4 members (excludes halogenated alkanes) is 1. The minimum Gasteiger partial charge on any atom is -0.508 e. The number of nitrogens with two attached hydrogens (primary N) is 3. The molecule has 22 unspecified atom stereocenters. The van der Waals surface area contributed by atoms with Gasteiger partial charge in [-0.05, 0) is 147 Å². The summed E-state index contributed by atoms with van der Waals surface area (Å²) in [5, 5.41) is 127. The van der Waals surface area contributed by atoms with Crippen LogP contribution in [0.4, 0.5) is 0 Å². The maximum atomic E-state index is 16.7. The standard InChI is InChI=1S/C84H104ClN11O25/c1-9-10-12-39-15-17-40(18-16-39)34-90-77(109)64-47-29-44(98)30-52(100)61(47)60-46(13-11-14-51(60)99)63-79(111)96-66(81(113)94-64)70(119-58-32-83(6,87)73(105)37(4)114-58)41-19-22-45(23-20-41)116-54-27-43-28-55(71(54)121-82-72(69(104)68(103)56(35-97)118-82)120-59-33-84(7,88)74(106)38(5)115-59)117-53-24-21-42(26-48(53)85)67(102)65(95-75(107)49(89-8)25-36(2)3)80(112)91-50(31-57(86)101)76(108)92-62(43)78(110)93-63/h11,13-24,26-30,36-38,49-50,56,58-59,62-70,72-74,82,89,97-100,102-106H,9-10,12,25,31-35,87-88H2,1-8H3,(H2,86,101)(H,90,109)(H,91,112)(H,92,108)(H,93,110)(H,94,113)(H,95,107)(H,96,111). The molecule has 36 nitrogen and oxygen atoms in total. The number of primary amides is 1. The van der Waals surface area contributed by atoms with Gasteiger partial charge in [0.25, 0.3) is 0 Å². The molecule has 0 saturated carbocycles. The lowest BCUT2D eigenvalue weighted by Crippen LogP contribution is -2.64. The van der Waals surface area contributed by atoms with Crippen LogP contribution in [0.25, 0.3) is 11.1 Å². The predicted octanol–water partition coefficient (Wildman–Crippen LogP) is 2.26. The molecular weight excluding hydrogens is 1600 g/mol. The van der Waals surface area contributed by atoms with E-state index in [1.165, 1.54) is 83.3 Å². The van der Waals surface area contributed by atoms with Crippen LogP contribution in [0.15, 0.2) is 109 Å². The summed E-state index contributed by atoms with van der Waals surface area (Å²) in [5.74, 6) is -14.5. The second-order valence-corrected chi connectivity index (χ2v) is 32.8. The third-order valence-electron chi connectivity index (χ3n) is 22.4. The van der Waals surface area contributed by atoms with Crippen molar-refractivity contribution in [3.05, 3.63) is 153 Å². The average molecular weight is 1700 g/mol. The van der Waals surface area contributed by atoms with E-state index in [0.29, 0.717) is 5.56 Å². The van der Waals surface area contributed by atoms with E-state index in [9.17, 15) is 55.5 Å². The number of phenols is 3. The number of nitrogens with one attached hydrogen (secondary N) is 8. The molecule has 23 N–H and O–H groups in total. The number of hydrogen-bond donors (Lipinski definition) is 20. The molecule has 0 aliphatic carbocycles. The van der Waals surface area contributed by atoms with E-state index in [4.69, 9.17) is 66.7 Å². The zero-order valence-corrected chi connectivity index (χ0v) is 68.3. The molecule has 14 rings (SSSR count). The first-order chi connectivity index (χ1) is 57.3. The number of fused-ring (bicyclic) bond motifs is 14. The van der Waals surface area contributed by atoms with Crippen LogP contribution in [-0.4, -0.2) is 210 Å².